The lowest BCUT2D eigenvalue weighted by atomic mass is 10.3. The highest BCUT2D eigenvalue weighted by molar-refractivity contribution is 6.10. The average Bonchev–Trinajstić information content (AvgIpc) is 3.33. The second kappa shape index (κ2) is 8.81. The number of hydrogen-bond donors (Lipinski definition) is 2. The molecule has 0 saturated carbocycles. The van der Waals surface area contributed by atoms with Gasteiger partial charge in [-0.1, -0.05) is 18.2 Å². The Morgan fingerprint density at radius 3 is 2.46 bits per heavy atom. The standard InChI is InChI=1S/C20H22N6O2/c1-3-25-13-15(12-21-25)10-11-18(27)23-17-14-26(4-2)24-19(17)20(28)22-16-8-6-5-7-9-16/h5-14H,3-4H2,1-2H3,(H,22,28)(H,23,27)/b11-10+. The number of nitrogens with one attached hydrogen (secondary N) is 2. The number of anilines is 2. The first-order valence-corrected chi connectivity index (χ1v) is 9.04. The van der Waals surface area contributed by atoms with Crippen molar-refractivity contribution in [2.45, 2.75) is 26.9 Å². The second-order valence-corrected chi connectivity index (χ2v) is 6.02. The molecule has 0 aliphatic heterocycles. The summed E-state index contributed by atoms with van der Waals surface area (Å²) in [4.78, 5) is 24.9. The van der Waals surface area contributed by atoms with Crippen LogP contribution in [0.4, 0.5) is 11.4 Å². The highest BCUT2D eigenvalue weighted by atomic mass is 16.2. The molecule has 0 aliphatic rings. The number of benzene rings is 1. The van der Waals surface area contributed by atoms with Gasteiger partial charge in [-0.2, -0.15) is 10.2 Å². The molecule has 2 N–H and O–H groups in total. The van der Waals surface area contributed by atoms with Crippen molar-refractivity contribution in [2.24, 2.45) is 0 Å². The third-order valence-electron chi connectivity index (χ3n) is 3.99. The number of amides is 2. The van der Waals surface area contributed by atoms with Gasteiger partial charge in [0.25, 0.3) is 5.91 Å². The van der Waals surface area contributed by atoms with Crippen LogP contribution >= 0.6 is 0 Å². The average molecular weight is 378 g/mol. The summed E-state index contributed by atoms with van der Waals surface area (Å²) in [5.74, 6) is -0.740. The fourth-order valence-corrected chi connectivity index (χ4v) is 2.54. The van der Waals surface area contributed by atoms with Gasteiger partial charge in [-0.05, 0) is 32.1 Å². The molecule has 2 amide bonds. The SMILES string of the molecule is CCn1cc(/C=C/C(=O)Nc2cn(CC)nc2C(=O)Nc2ccccc2)cn1. The van der Waals surface area contributed by atoms with Gasteiger partial charge >= 0.3 is 0 Å². The molecule has 3 aromatic rings. The van der Waals surface area contributed by atoms with E-state index >= 15 is 0 Å². The van der Waals surface area contributed by atoms with Crippen LogP contribution in [0, 0.1) is 0 Å². The molecular formula is C20H22N6O2. The van der Waals surface area contributed by atoms with E-state index in [0.29, 0.717) is 17.9 Å². The van der Waals surface area contributed by atoms with Crippen LogP contribution in [0.1, 0.15) is 29.9 Å². The Morgan fingerprint density at radius 2 is 1.79 bits per heavy atom. The number of para-hydroxylation sites is 1. The Labute approximate surface area is 162 Å². The number of aromatic nitrogens is 4. The molecule has 0 bridgehead atoms. The molecule has 0 unspecified atom stereocenters. The zero-order valence-corrected chi connectivity index (χ0v) is 15.8. The lowest BCUT2D eigenvalue weighted by molar-refractivity contribution is -0.111. The number of rotatable bonds is 7. The summed E-state index contributed by atoms with van der Waals surface area (Å²) < 4.78 is 3.37. The van der Waals surface area contributed by atoms with E-state index < -0.39 is 0 Å². The Bertz CT molecular complexity index is 987. The van der Waals surface area contributed by atoms with Gasteiger partial charge in [-0.3, -0.25) is 19.0 Å². The Morgan fingerprint density at radius 1 is 1.04 bits per heavy atom. The predicted molar refractivity (Wildman–Crippen MR) is 108 cm³/mol. The van der Waals surface area contributed by atoms with E-state index in [0.717, 1.165) is 12.1 Å². The lowest BCUT2D eigenvalue weighted by Gasteiger charge is -2.05. The van der Waals surface area contributed by atoms with Crippen molar-refractivity contribution in [2.75, 3.05) is 10.6 Å². The van der Waals surface area contributed by atoms with Crippen LogP contribution in [0.2, 0.25) is 0 Å². The summed E-state index contributed by atoms with van der Waals surface area (Å²) in [5, 5.41) is 13.9. The first-order chi connectivity index (χ1) is 13.6. The molecule has 2 aromatic heterocycles. The minimum atomic E-state index is -0.387. The third-order valence-corrected chi connectivity index (χ3v) is 3.99. The van der Waals surface area contributed by atoms with Crippen LogP contribution in [0.5, 0.6) is 0 Å². The van der Waals surface area contributed by atoms with Crippen molar-refractivity contribution in [3.05, 3.63) is 66.3 Å². The summed E-state index contributed by atoms with van der Waals surface area (Å²) in [6.07, 6.45) is 8.24. The molecule has 0 spiro atoms. The van der Waals surface area contributed by atoms with E-state index in [-0.39, 0.29) is 17.5 Å². The Hall–Kier alpha value is -3.68. The van der Waals surface area contributed by atoms with Crippen molar-refractivity contribution >= 4 is 29.3 Å². The zero-order valence-electron chi connectivity index (χ0n) is 15.8. The van der Waals surface area contributed by atoms with Crippen molar-refractivity contribution in [3.8, 4) is 0 Å². The van der Waals surface area contributed by atoms with Gasteiger partial charge in [0.2, 0.25) is 5.91 Å². The zero-order chi connectivity index (χ0) is 19.9. The van der Waals surface area contributed by atoms with Crippen LogP contribution in [-0.2, 0) is 17.9 Å². The molecule has 144 valence electrons. The molecule has 8 heteroatoms. The molecule has 28 heavy (non-hydrogen) atoms. The smallest absolute Gasteiger partial charge is 0.278 e. The molecule has 3 rings (SSSR count). The van der Waals surface area contributed by atoms with Crippen LogP contribution in [0.15, 0.2) is 55.0 Å². The molecule has 0 fully saturated rings. The highest BCUT2D eigenvalue weighted by Gasteiger charge is 2.18. The van der Waals surface area contributed by atoms with E-state index in [9.17, 15) is 9.59 Å². The van der Waals surface area contributed by atoms with Crippen molar-refractivity contribution in [1.29, 1.82) is 0 Å². The second-order valence-electron chi connectivity index (χ2n) is 6.02. The molecule has 1 aromatic carbocycles. The number of aryl methyl sites for hydroxylation is 2. The van der Waals surface area contributed by atoms with Crippen LogP contribution < -0.4 is 10.6 Å². The maximum Gasteiger partial charge on any atom is 0.278 e. The number of carbonyl (C=O) groups excluding carboxylic acids is 2. The number of hydrogen-bond acceptors (Lipinski definition) is 4. The lowest BCUT2D eigenvalue weighted by Crippen LogP contribution is -2.17. The summed E-state index contributed by atoms with van der Waals surface area (Å²) in [7, 11) is 0. The van der Waals surface area contributed by atoms with Crippen LogP contribution in [-0.4, -0.2) is 31.4 Å². The normalized spacial score (nSPS) is 10.9. The van der Waals surface area contributed by atoms with Crippen molar-refractivity contribution in [1.82, 2.24) is 19.6 Å². The molecule has 0 radical (unpaired) electrons. The summed E-state index contributed by atoms with van der Waals surface area (Å²) in [5.41, 5.74) is 1.99. The largest absolute Gasteiger partial charge is 0.321 e. The van der Waals surface area contributed by atoms with Crippen LogP contribution in [0.3, 0.4) is 0 Å². The highest BCUT2D eigenvalue weighted by Crippen LogP contribution is 2.17. The van der Waals surface area contributed by atoms with Crippen molar-refractivity contribution in [3.63, 3.8) is 0 Å². The predicted octanol–water partition coefficient (Wildman–Crippen LogP) is 3.02. The van der Waals surface area contributed by atoms with E-state index in [1.807, 2.05) is 38.2 Å². The molecule has 0 atom stereocenters. The summed E-state index contributed by atoms with van der Waals surface area (Å²) >= 11 is 0. The fraction of sp³-hybridized carbons (Fsp3) is 0.200. The number of nitrogens with zero attached hydrogens (tertiary/aromatic N) is 4. The summed E-state index contributed by atoms with van der Waals surface area (Å²) in [6.45, 7) is 5.23. The fourth-order valence-electron chi connectivity index (χ4n) is 2.54. The van der Waals surface area contributed by atoms with E-state index in [2.05, 4.69) is 20.8 Å². The van der Waals surface area contributed by atoms with Crippen molar-refractivity contribution < 1.29 is 9.59 Å². The minimum Gasteiger partial charge on any atom is -0.321 e. The Balaban J connectivity index is 1.73. The first-order valence-electron chi connectivity index (χ1n) is 9.04. The van der Waals surface area contributed by atoms with Gasteiger partial charge in [0, 0.05) is 42.8 Å². The number of carbonyl (C=O) groups is 2. The first kappa shape index (κ1) is 19.1. The third kappa shape index (κ3) is 4.73. The van der Waals surface area contributed by atoms with Gasteiger partial charge in [-0.15, -0.1) is 0 Å². The quantitative estimate of drug-likeness (QED) is 0.618. The Kier molecular flexibility index (Phi) is 6.01. The summed E-state index contributed by atoms with van der Waals surface area (Å²) in [6, 6.07) is 9.09. The molecule has 0 saturated heterocycles. The maximum atomic E-state index is 12.6. The van der Waals surface area contributed by atoms with Gasteiger partial charge < -0.3 is 10.6 Å². The van der Waals surface area contributed by atoms with Gasteiger partial charge in [-0.25, -0.2) is 0 Å². The topological polar surface area (TPSA) is 93.8 Å². The molecule has 2 heterocycles. The molecule has 0 aliphatic carbocycles. The monoisotopic (exact) mass is 378 g/mol. The van der Waals surface area contributed by atoms with E-state index in [1.165, 1.54) is 6.08 Å². The van der Waals surface area contributed by atoms with E-state index in [4.69, 9.17) is 0 Å². The van der Waals surface area contributed by atoms with Crippen LogP contribution in [0.25, 0.3) is 6.08 Å². The minimum absolute atomic E-state index is 0.159. The maximum absolute atomic E-state index is 12.6. The molecule has 8 nitrogen and oxygen atoms in total. The van der Waals surface area contributed by atoms with E-state index in [1.54, 1.807) is 40.0 Å². The molecular weight excluding hydrogens is 356 g/mol. The van der Waals surface area contributed by atoms with Gasteiger partial charge in [0.05, 0.1) is 11.9 Å². The van der Waals surface area contributed by atoms with Gasteiger partial charge in [0.1, 0.15) is 0 Å². The van der Waals surface area contributed by atoms with Gasteiger partial charge in [0.15, 0.2) is 5.69 Å².